The summed E-state index contributed by atoms with van der Waals surface area (Å²) in [5.74, 6) is 0. The van der Waals surface area contributed by atoms with Crippen molar-refractivity contribution in [3.05, 3.63) is 41.7 Å². The normalized spacial score (nSPS) is 10.3. The third kappa shape index (κ3) is 1.59. The van der Waals surface area contributed by atoms with Crippen molar-refractivity contribution in [3.63, 3.8) is 0 Å². The molecular formula is C10H11N3. The van der Waals surface area contributed by atoms with Crippen LogP contribution in [0.5, 0.6) is 0 Å². The molecule has 0 saturated heterocycles. The van der Waals surface area contributed by atoms with Crippen LogP contribution in [0, 0.1) is 13.8 Å². The topological polar surface area (TPSA) is 30.7 Å². The molecule has 0 saturated carbocycles. The Labute approximate surface area is 77.0 Å². The molecule has 0 spiro atoms. The Balaban J connectivity index is 2.46. The molecule has 0 radical (unpaired) electrons. The van der Waals surface area contributed by atoms with Crippen LogP contribution in [0.2, 0.25) is 0 Å². The number of benzene rings is 1. The van der Waals surface area contributed by atoms with Crippen molar-refractivity contribution >= 4 is 0 Å². The highest BCUT2D eigenvalue weighted by Crippen LogP contribution is 2.07. The molecule has 0 unspecified atom stereocenters. The van der Waals surface area contributed by atoms with Gasteiger partial charge in [-0.15, -0.1) is 0 Å². The summed E-state index contributed by atoms with van der Waals surface area (Å²) >= 11 is 0. The van der Waals surface area contributed by atoms with Crippen LogP contribution < -0.4 is 0 Å². The van der Waals surface area contributed by atoms with Crippen LogP contribution in [0.3, 0.4) is 0 Å². The zero-order chi connectivity index (χ0) is 9.26. The van der Waals surface area contributed by atoms with Crippen molar-refractivity contribution < 1.29 is 0 Å². The highest BCUT2D eigenvalue weighted by molar-refractivity contribution is 5.33. The predicted molar refractivity (Wildman–Crippen MR) is 50.8 cm³/mol. The van der Waals surface area contributed by atoms with Crippen molar-refractivity contribution in [2.45, 2.75) is 13.8 Å². The van der Waals surface area contributed by atoms with Gasteiger partial charge in [0.2, 0.25) is 0 Å². The van der Waals surface area contributed by atoms with Gasteiger partial charge in [-0.25, -0.2) is 0 Å². The summed E-state index contributed by atoms with van der Waals surface area (Å²) in [6.07, 6.45) is 1.75. The first-order chi connectivity index (χ1) is 6.25. The van der Waals surface area contributed by atoms with Crippen LogP contribution >= 0.6 is 0 Å². The van der Waals surface area contributed by atoms with Gasteiger partial charge in [-0.2, -0.15) is 15.0 Å². The molecule has 0 bridgehead atoms. The Bertz CT molecular complexity index is 418. The lowest BCUT2D eigenvalue weighted by Gasteiger charge is -1.99. The first-order valence-corrected chi connectivity index (χ1v) is 4.22. The molecule has 66 valence electrons. The van der Waals surface area contributed by atoms with Crippen LogP contribution in [-0.4, -0.2) is 15.0 Å². The maximum absolute atomic E-state index is 4.23. The smallest absolute Gasteiger partial charge is 0.0859 e. The van der Waals surface area contributed by atoms with Gasteiger partial charge in [-0.3, -0.25) is 0 Å². The van der Waals surface area contributed by atoms with E-state index in [0.717, 1.165) is 11.4 Å². The zero-order valence-corrected chi connectivity index (χ0v) is 7.73. The number of aryl methyl sites for hydroxylation is 2. The predicted octanol–water partition coefficient (Wildman–Crippen LogP) is 1.88. The molecule has 0 atom stereocenters. The Hall–Kier alpha value is -1.64. The molecule has 0 aliphatic rings. The van der Waals surface area contributed by atoms with E-state index in [1.54, 1.807) is 11.0 Å². The summed E-state index contributed by atoms with van der Waals surface area (Å²) < 4.78 is 0. The van der Waals surface area contributed by atoms with Gasteiger partial charge in [0.25, 0.3) is 0 Å². The second kappa shape index (κ2) is 3.01. The van der Waals surface area contributed by atoms with Gasteiger partial charge in [0.15, 0.2) is 0 Å². The Morgan fingerprint density at radius 1 is 1.23 bits per heavy atom. The molecular weight excluding hydrogens is 162 g/mol. The minimum Gasteiger partial charge on any atom is -0.157 e. The second-order valence-corrected chi connectivity index (χ2v) is 3.11. The van der Waals surface area contributed by atoms with E-state index < -0.39 is 0 Å². The Morgan fingerprint density at radius 3 is 2.69 bits per heavy atom. The number of nitrogens with zero attached hydrogens (tertiary/aromatic N) is 3. The van der Waals surface area contributed by atoms with Crippen molar-refractivity contribution in [3.8, 4) is 5.69 Å². The van der Waals surface area contributed by atoms with Crippen LogP contribution in [0.15, 0.2) is 30.5 Å². The number of hydrogen-bond acceptors (Lipinski definition) is 2. The molecule has 0 amide bonds. The third-order valence-corrected chi connectivity index (χ3v) is 1.84. The maximum atomic E-state index is 4.23. The molecule has 1 aromatic heterocycles. The highest BCUT2D eigenvalue weighted by atomic mass is 15.5. The summed E-state index contributed by atoms with van der Waals surface area (Å²) in [7, 11) is 0. The van der Waals surface area contributed by atoms with E-state index in [1.165, 1.54) is 5.56 Å². The van der Waals surface area contributed by atoms with Crippen molar-refractivity contribution in [2.24, 2.45) is 0 Å². The molecule has 0 aliphatic carbocycles. The van der Waals surface area contributed by atoms with Crippen LogP contribution in [-0.2, 0) is 0 Å². The van der Waals surface area contributed by atoms with Crippen molar-refractivity contribution in [1.29, 1.82) is 0 Å². The van der Waals surface area contributed by atoms with Gasteiger partial charge in [0.1, 0.15) is 0 Å². The zero-order valence-electron chi connectivity index (χ0n) is 7.73. The fraction of sp³-hybridized carbons (Fsp3) is 0.200. The van der Waals surface area contributed by atoms with Gasteiger partial charge in [-0.05, 0) is 31.5 Å². The van der Waals surface area contributed by atoms with E-state index in [-0.39, 0.29) is 0 Å². The fourth-order valence-corrected chi connectivity index (χ4v) is 1.22. The largest absolute Gasteiger partial charge is 0.157 e. The lowest BCUT2D eigenvalue weighted by atomic mass is 10.2. The first kappa shape index (κ1) is 7.98. The molecule has 0 fully saturated rings. The summed E-state index contributed by atoms with van der Waals surface area (Å²) in [5.41, 5.74) is 3.15. The lowest BCUT2D eigenvalue weighted by Crippen LogP contribution is -1.98. The minimum absolute atomic E-state index is 0.932. The molecule has 2 aromatic rings. The lowest BCUT2D eigenvalue weighted by molar-refractivity contribution is 0.745. The van der Waals surface area contributed by atoms with E-state index >= 15 is 0 Å². The molecule has 0 aliphatic heterocycles. The average molecular weight is 173 g/mol. The van der Waals surface area contributed by atoms with Gasteiger partial charge < -0.3 is 0 Å². The summed E-state index contributed by atoms with van der Waals surface area (Å²) in [5, 5.41) is 8.36. The van der Waals surface area contributed by atoms with E-state index in [9.17, 15) is 0 Å². The van der Waals surface area contributed by atoms with E-state index in [1.807, 2.05) is 19.1 Å². The first-order valence-electron chi connectivity index (χ1n) is 4.22. The molecule has 0 N–H and O–H groups in total. The molecule has 1 heterocycles. The van der Waals surface area contributed by atoms with E-state index in [0.29, 0.717) is 0 Å². The Morgan fingerprint density at radius 2 is 2.08 bits per heavy atom. The molecule has 13 heavy (non-hydrogen) atoms. The minimum atomic E-state index is 0.932. The highest BCUT2D eigenvalue weighted by Gasteiger charge is 1.98. The quantitative estimate of drug-likeness (QED) is 0.659. The van der Waals surface area contributed by atoms with Gasteiger partial charge in [-0.1, -0.05) is 12.1 Å². The van der Waals surface area contributed by atoms with E-state index in [4.69, 9.17) is 0 Å². The number of aromatic nitrogens is 3. The van der Waals surface area contributed by atoms with Crippen LogP contribution in [0.1, 0.15) is 11.3 Å². The van der Waals surface area contributed by atoms with Crippen molar-refractivity contribution in [2.75, 3.05) is 0 Å². The SMILES string of the molecule is Cc1cccc(-n2ncc(C)n2)c1. The van der Waals surface area contributed by atoms with E-state index in [2.05, 4.69) is 29.3 Å². The molecule has 3 heteroatoms. The van der Waals surface area contributed by atoms with Gasteiger partial charge in [0, 0.05) is 0 Å². The monoisotopic (exact) mass is 173 g/mol. The fourth-order valence-electron chi connectivity index (χ4n) is 1.22. The van der Waals surface area contributed by atoms with Gasteiger partial charge in [0.05, 0.1) is 17.6 Å². The maximum Gasteiger partial charge on any atom is 0.0859 e. The number of hydrogen-bond donors (Lipinski definition) is 0. The van der Waals surface area contributed by atoms with Gasteiger partial charge >= 0.3 is 0 Å². The summed E-state index contributed by atoms with van der Waals surface area (Å²) in [6.45, 7) is 3.99. The average Bonchev–Trinajstić information content (AvgIpc) is 2.52. The molecule has 3 nitrogen and oxygen atoms in total. The number of rotatable bonds is 1. The third-order valence-electron chi connectivity index (χ3n) is 1.84. The molecule has 2 rings (SSSR count). The molecule has 1 aromatic carbocycles. The second-order valence-electron chi connectivity index (χ2n) is 3.11. The van der Waals surface area contributed by atoms with Crippen molar-refractivity contribution in [1.82, 2.24) is 15.0 Å². The van der Waals surface area contributed by atoms with Crippen LogP contribution in [0.25, 0.3) is 5.69 Å². The summed E-state index contributed by atoms with van der Waals surface area (Å²) in [4.78, 5) is 1.64. The van der Waals surface area contributed by atoms with Crippen LogP contribution in [0.4, 0.5) is 0 Å². The summed E-state index contributed by atoms with van der Waals surface area (Å²) in [6, 6.07) is 8.11. The standard InChI is InChI=1S/C10H11N3/c1-8-4-3-5-10(6-8)13-11-7-9(2)12-13/h3-7H,1-2H3. The Kier molecular flexibility index (Phi) is 1.85.